The summed E-state index contributed by atoms with van der Waals surface area (Å²) in [6.07, 6.45) is 13.3. The number of nitrogens with one attached hydrogen (secondary N) is 1. The first-order valence-corrected chi connectivity index (χ1v) is 3.23. The van der Waals surface area contributed by atoms with Crippen LogP contribution in [0.15, 0.2) is 49.4 Å². The highest BCUT2D eigenvalue weighted by molar-refractivity contribution is 5.14. The largest absolute Gasteiger partial charge is 0.368 e. The maximum absolute atomic E-state index is 3.36. The molecule has 54 valence electrons. The summed E-state index contributed by atoms with van der Waals surface area (Å²) < 4.78 is 0. The van der Waals surface area contributed by atoms with Crippen LogP contribution in [0.25, 0.3) is 0 Å². The molecule has 0 aliphatic carbocycles. The van der Waals surface area contributed by atoms with E-state index >= 15 is 0 Å². The molecule has 1 aliphatic rings. The second-order valence-corrected chi connectivity index (χ2v) is 1.68. The van der Waals surface area contributed by atoms with Crippen molar-refractivity contribution in [2.75, 3.05) is 0 Å². The zero-order chi connectivity index (χ0) is 7.66. The van der Waals surface area contributed by atoms with Gasteiger partial charge in [-0.15, -0.1) is 6.58 Å². The zero-order valence-electron chi connectivity index (χ0n) is 6.25. The van der Waals surface area contributed by atoms with Crippen LogP contribution in [0.5, 0.6) is 0 Å². The topological polar surface area (TPSA) is 12.0 Å². The van der Waals surface area contributed by atoms with Crippen molar-refractivity contribution in [3.8, 4) is 0 Å². The fraction of sp³-hybridized carbons (Fsp3) is 0.111. The van der Waals surface area contributed by atoms with Crippen molar-refractivity contribution in [3.63, 3.8) is 0 Å². The van der Waals surface area contributed by atoms with Gasteiger partial charge in [-0.1, -0.05) is 18.2 Å². The average Bonchev–Trinajstić information content (AvgIpc) is 2.17. The minimum atomic E-state index is 1.75. The zero-order valence-corrected chi connectivity index (χ0v) is 6.25. The Morgan fingerprint density at radius 3 is 1.90 bits per heavy atom. The highest BCUT2D eigenvalue weighted by Crippen LogP contribution is 1.81. The fourth-order valence-corrected chi connectivity index (χ4v) is 0.406. The lowest BCUT2D eigenvalue weighted by Gasteiger charge is -1.79. The summed E-state index contributed by atoms with van der Waals surface area (Å²) >= 11 is 0. The molecular formula is C9H13N. The lowest BCUT2D eigenvalue weighted by Crippen LogP contribution is -1.87. The third-order valence-corrected chi connectivity index (χ3v) is 0.718. The third-order valence-electron chi connectivity index (χ3n) is 0.718. The lowest BCUT2D eigenvalue weighted by atomic mass is 10.5. The van der Waals surface area contributed by atoms with E-state index in [1.807, 2.05) is 43.6 Å². The van der Waals surface area contributed by atoms with Gasteiger partial charge in [0.15, 0.2) is 0 Å². The molecule has 1 aliphatic heterocycles. The first-order chi connectivity index (χ1) is 4.91. The molecule has 0 unspecified atom stereocenters. The molecule has 1 heterocycles. The standard InChI is InChI=1S/C6H7N.C3H6/c1-2-4-6-7-5-3-1;1-3-2/h1-7H;3H,1H2,2H3. The van der Waals surface area contributed by atoms with Crippen LogP contribution in [0.2, 0.25) is 0 Å². The Bertz CT molecular complexity index is 138. The Kier molecular flexibility index (Phi) is 6.80. The summed E-state index contributed by atoms with van der Waals surface area (Å²) in [5.74, 6) is 0. The Labute approximate surface area is 62.5 Å². The second-order valence-electron chi connectivity index (χ2n) is 1.68. The van der Waals surface area contributed by atoms with E-state index in [0.717, 1.165) is 0 Å². The number of rotatable bonds is 0. The Morgan fingerprint density at radius 1 is 1.10 bits per heavy atom. The van der Waals surface area contributed by atoms with Crippen molar-refractivity contribution in [3.05, 3.63) is 49.4 Å². The lowest BCUT2D eigenvalue weighted by molar-refractivity contribution is 1.20. The summed E-state index contributed by atoms with van der Waals surface area (Å²) in [4.78, 5) is 0. The highest BCUT2D eigenvalue weighted by Gasteiger charge is 1.67. The van der Waals surface area contributed by atoms with Crippen LogP contribution < -0.4 is 5.32 Å². The van der Waals surface area contributed by atoms with Crippen LogP contribution in [0, 0.1) is 0 Å². The molecule has 0 spiro atoms. The van der Waals surface area contributed by atoms with Crippen LogP contribution in [-0.2, 0) is 0 Å². The van der Waals surface area contributed by atoms with Crippen LogP contribution >= 0.6 is 0 Å². The summed E-state index contributed by atoms with van der Waals surface area (Å²) in [6, 6.07) is 0. The van der Waals surface area contributed by atoms with E-state index in [1.165, 1.54) is 0 Å². The molecule has 1 nitrogen and oxygen atoms in total. The molecule has 0 amide bonds. The van der Waals surface area contributed by atoms with Crippen molar-refractivity contribution in [1.29, 1.82) is 0 Å². The molecule has 0 aromatic rings. The maximum atomic E-state index is 3.36. The number of hydrogen-bond donors (Lipinski definition) is 1. The predicted octanol–water partition coefficient (Wildman–Crippen LogP) is 2.37. The SMILES string of the molecule is C1=CC=CNC=C1.C=CC. The van der Waals surface area contributed by atoms with Gasteiger partial charge in [0.25, 0.3) is 0 Å². The molecule has 0 radical (unpaired) electrons. The normalized spacial score (nSPS) is 12.5. The number of allylic oxidation sites excluding steroid dienone is 5. The number of hydrogen-bond acceptors (Lipinski definition) is 1. The first-order valence-electron chi connectivity index (χ1n) is 3.23. The van der Waals surface area contributed by atoms with Crippen molar-refractivity contribution in [2.45, 2.75) is 6.92 Å². The Hall–Kier alpha value is -1.24. The molecule has 0 atom stereocenters. The first kappa shape index (κ1) is 8.76. The molecular weight excluding hydrogens is 122 g/mol. The molecule has 1 heteroatoms. The average molecular weight is 135 g/mol. The van der Waals surface area contributed by atoms with Crippen LogP contribution in [0.3, 0.4) is 0 Å². The van der Waals surface area contributed by atoms with Crippen molar-refractivity contribution in [2.24, 2.45) is 0 Å². The van der Waals surface area contributed by atoms with Gasteiger partial charge in [-0.2, -0.15) is 0 Å². The van der Waals surface area contributed by atoms with E-state index in [9.17, 15) is 0 Å². The Balaban J connectivity index is 0.000000236. The molecule has 0 saturated heterocycles. The second kappa shape index (κ2) is 7.76. The van der Waals surface area contributed by atoms with Crippen molar-refractivity contribution in [1.82, 2.24) is 5.32 Å². The molecule has 0 fully saturated rings. The van der Waals surface area contributed by atoms with Gasteiger partial charge in [-0.05, 0) is 19.1 Å². The highest BCUT2D eigenvalue weighted by atomic mass is 14.8. The summed E-state index contributed by atoms with van der Waals surface area (Å²) in [5.41, 5.74) is 0. The maximum Gasteiger partial charge on any atom is 0.000442 e. The smallest absolute Gasteiger partial charge is 0.000442 e. The van der Waals surface area contributed by atoms with E-state index in [4.69, 9.17) is 0 Å². The summed E-state index contributed by atoms with van der Waals surface area (Å²) in [6.45, 7) is 5.25. The van der Waals surface area contributed by atoms with Gasteiger partial charge in [0, 0.05) is 12.4 Å². The van der Waals surface area contributed by atoms with Gasteiger partial charge >= 0.3 is 0 Å². The van der Waals surface area contributed by atoms with Gasteiger partial charge in [-0.3, -0.25) is 0 Å². The minimum Gasteiger partial charge on any atom is -0.368 e. The summed E-state index contributed by atoms with van der Waals surface area (Å²) in [5, 5.41) is 2.92. The van der Waals surface area contributed by atoms with Gasteiger partial charge in [0.2, 0.25) is 0 Å². The quantitative estimate of drug-likeness (QED) is 0.503. The van der Waals surface area contributed by atoms with Gasteiger partial charge in [0.05, 0.1) is 0 Å². The monoisotopic (exact) mass is 135 g/mol. The molecule has 10 heavy (non-hydrogen) atoms. The van der Waals surface area contributed by atoms with E-state index in [1.54, 1.807) is 6.08 Å². The fourth-order valence-electron chi connectivity index (χ4n) is 0.406. The minimum absolute atomic E-state index is 1.75. The van der Waals surface area contributed by atoms with Crippen LogP contribution in [0.4, 0.5) is 0 Å². The molecule has 0 saturated carbocycles. The predicted molar refractivity (Wildman–Crippen MR) is 46.4 cm³/mol. The molecule has 0 bridgehead atoms. The van der Waals surface area contributed by atoms with Crippen LogP contribution in [-0.4, -0.2) is 0 Å². The Morgan fingerprint density at radius 2 is 1.50 bits per heavy atom. The van der Waals surface area contributed by atoms with Gasteiger partial charge in [0.1, 0.15) is 0 Å². The van der Waals surface area contributed by atoms with Gasteiger partial charge in [-0.25, -0.2) is 0 Å². The van der Waals surface area contributed by atoms with Gasteiger partial charge < -0.3 is 5.32 Å². The van der Waals surface area contributed by atoms with E-state index in [-0.39, 0.29) is 0 Å². The molecule has 1 rings (SSSR count). The van der Waals surface area contributed by atoms with E-state index < -0.39 is 0 Å². The van der Waals surface area contributed by atoms with E-state index in [0.29, 0.717) is 0 Å². The molecule has 1 N–H and O–H groups in total. The van der Waals surface area contributed by atoms with Crippen molar-refractivity contribution >= 4 is 0 Å². The van der Waals surface area contributed by atoms with Crippen molar-refractivity contribution < 1.29 is 0 Å². The molecule has 0 aromatic carbocycles. The molecule has 0 aromatic heterocycles. The third kappa shape index (κ3) is 6.76. The van der Waals surface area contributed by atoms with Crippen LogP contribution in [0.1, 0.15) is 6.92 Å². The summed E-state index contributed by atoms with van der Waals surface area (Å²) in [7, 11) is 0. The van der Waals surface area contributed by atoms with E-state index in [2.05, 4.69) is 11.9 Å².